The van der Waals surface area contributed by atoms with E-state index < -0.39 is 16.0 Å². The van der Waals surface area contributed by atoms with E-state index in [1.807, 2.05) is 0 Å². The van der Waals surface area contributed by atoms with Crippen LogP contribution >= 0.6 is 0 Å². The third kappa shape index (κ3) is 3.36. The van der Waals surface area contributed by atoms with Crippen molar-refractivity contribution in [3.05, 3.63) is 36.4 Å². The first-order chi connectivity index (χ1) is 9.49. The van der Waals surface area contributed by atoms with Crippen molar-refractivity contribution in [2.75, 3.05) is 6.54 Å². The second kappa shape index (κ2) is 5.75. The van der Waals surface area contributed by atoms with Gasteiger partial charge in [-0.1, -0.05) is 5.21 Å². The van der Waals surface area contributed by atoms with Gasteiger partial charge in [0.15, 0.2) is 5.69 Å². The molecule has 0 saturated carbocycles. The molecule has 0 aliphatic heterocycles. The minimum absolute atomic E-state index is 0.0552. The van der Waals surface area contributed by atoms with Crippen LogP contribution in [0.15, 0.2) is 35.6 Å². The molecule has 0 aromatic carbocycles. The van der Waals surface area contributed by atoms with Crippen LogP contribution in [0.5, 0.6) is 0 Å². The molecule has 9 nitrogen and oxygen atoms in total. The number of carboxylic acids is 1. The average Bonchev–Trinajstić information content (AvgIpc) is 2.89. The molecule has 20 heavy (non-hydrogen) atoms. The summed E-state index contributed by atoms with van der Waals surface area (Å²) in [6.07, 6.45) is 3.93. The molecule has 0 atom stereocenters. The van der Waals surface area contributed by atoms with Crippen LogP contribution in [-0.2, 0) is 16.6 Å². The van der Waals surface area contributed by atoms with Crippen molar-refractivity contribution < 1.29 is 18.3 Å². The van der Waals surface area contributed by atoms with Gasteiger partial charge in [0.05, 0.1) is 12.7 Å². The van der Waals surface area contributed by atoms with Crippen LogP contribution in [-0.4, -0.2) is 46.0 Å². The quantitative estimate of drug-likeness (QED) is 0.725. The Kier molecular flexibility index (Phi) is 4.05. The molecule has 10 heteroatoms. The van der Waals surface area contributed by atoms with Crippen molar-refractivity contribution in [2.24, 2.45) is 0 Å². The van der Waals surface area contributed by atoms with Crippen LogP contribution < -0.4 is 4.72 Å². The summed E-state index contributed by atoms with van der Waals surface area (Å²) in [6.45, 7) is 0.222. The fourth-order valence-corrected chi connectivity index (χ4v) is 2.37. The molecule has 0 aliphatic carbocycles. The molecule has 2 rings (SSSR count). The van der Waals surface area contributed by atoms with Gasteiger partial charge >= 0.3 is 5.97 Å². The monoisotopic (exact) mass is 297 g/mol. The number of hydrogen-bond donors (Lipinski definition) is 2. The van der Waals surface area contributed by atoms with E-state index in [0.29, 0.717) is 0 Å². The average molecular weight is 297 g/mol. The van der Waals surface area contributed by atoms with Crippen molar-refractivity contribution in [1.29, 1.82) is 0 Å². The van der Waals surface area contributed by atoms with Crippen molar-refractivity contribution in [1.82, 2.24) is 24.7 Å². The van der Waals surface area contributed by atoms with Crippen molar-refractivity contribution in [3.8, 4) is 0 Å². The minimum atomic E-state index is -3.63. The summed E-state index contributed by atoms with van der Waals surface area (Å²) in [5.74, 6) is -1.19. The Bertz CT molecular complexity index is 697. The highest BCUT2D eigenvalue weighted by molar-refractivity contribution is 7.89. The number of carbonyl (C=O) groups is 1. The first kappa shape index (κ1) is 14.1. The molecule has 2 aromatic rings. The normalized spacial score (nSPS) is 11.4. The van der Waals surface area contributed by atoms with E-state index in [1.165, 1.54) is 35.4 Å². The van der Waals surface area contributed by atoms with Gasteiger partial charge < -0.3 is 5.11 Å². The Balaban J connectivity index is 1.94. The zero-order valence-electron chi connectivity index (χ0n) is 10.2. The van der Waals surface area contributed by atoms with Crippen LogP contribution in [0, 0.1) is 0 Å². The van der Waals surface area contributed by atoms with Gasteiger partial charge in [-0.15, -0.1) is 5.10 Å². The zero-order chi connectivity index (χ0) is 14.6. The lowest BCUT2D eigenvalue weighted by Gasteiger charge is -2.05. The van der Waals surface area contributed by atoms with E-state index in [4.69, 9.17) is 5.11 Å². The molecule has 0 radical (unpaired) electrons. The van der Waals surface area contributed by atoms with Crippen molar-refractivity contribution >= 4 is 16.0 Å². The number of rotatable bonds is 6. The third-order valence-electron chi connectivity index (χ3n) is 2.34. The Morgan fingerprint density at radius 3 is 2.85 bits per heavy atom. The Morgan fingerprint density at radius 2 is 2.25 bits per heavy atom. The SMILES string of the molecule is O=C(O)c1cn(CCNS(=O)(=O)c2cccnc2)nn1. The van der Waals surface area contributed by atoms with Gasteiger partial charge in [-0.2, -0.15) is 0 Å². The highest BCUT2D eigenvalue weighted by Crippen LogP contribution is 2.04. The van der Waals surface area contributed by atoms with E-state index in [1.54, 1.807) is 0 Å². The molecule has 0 spiro atoms. The number of aromatic nitrogens is 4. The van der Waals surface area contributed by atoms with Gasteiger partial charge in [0, 0.05) is 18.9 Å². The minimum Gasteiger partial charge on any atom is -0.476 e. The van der Waals surface area contributed by atoms with E-state index >= 15 is 0 Å². The summed E-state index contributed by atoms with van der Waals surface area (Å²) in [5, 5.41) is 15.7. The van der Waals surface area contributed by atoms with E-state index in [-0.39, 0.29) is 23.7 Å². The molecule has 0 bridgehead atoms. The second-order valence-corrected chi connectivity index (χ2v) is 5.53. The summed E-state index contributed by atoms with van der Waals surface area (Å²) in [6, 6.07) is 2.94. The van der Waals surface area contributed by atoms with Gasteiger partial charge in [0.2, 0.25) is 10.0 Å². The lowest BCUT2D eigenvalue weighted by atomic mass is 10.5. The van der Waals surface area contributed by atoms with Crippen LogP contribution in [0.4, 0.5) is 0 Å². The molecule has 106 valence electrons. The molecular weight excluding hydrogens is 286 g/mol. The van der Waals surface area contributed by atoms with E-state index in [0.717, 1.165) is 0 Å². The molecule has 0 unspecified atom stereocenters. The molecule has 2 N–H and O–H groups in total. The standard InChI is InChI=1S/C10H11N5O4S/c16-10(17)9-7-15(14-13-9)5-4-12-20(18,19)8-2-1-3-11-6-8/h1-3,6-7,12H,4-5H2,(H,16,17). The van der Waals surface area contributed by atoms with Crippen LogP contribution in [0.25, 0.3) is 0 Å². The van der Waals surface area contributed by atoms with Gasteiger partial charge in [0.25, 0.3) is 0 Å². The third-order valence-corrected chi connectivity index (χ3v) is 3.78. The topological polar surface area (TPSA) is 127 Å². The fourth-order valence-electron chi connectivity index (χ4n) is 1.39. The van der Waals surface area contributed by atoms with Gasteiger partial charge in [0.1, 0.15) is 4.90 Å². The first-order valence-corrected chi connectivity index (χ1v) is 7.00. The maximum absolute atomic E-state index is 11.8. The van der Waals surface area contributed by atoms with E-state index in [9.17, 15) is 13.2 Å². The van der Waals surface area contributed by atoms with Gasteiger partial charge in [-0.3, -0.25) is 9.67 Å². The summed E-state index contributed by atoms with van der Waals surface area (Å²) in [4.78, 5) is 14.4. The fraction of sp³-hybridized carbons (Fsp3) is 0.200. The summed E-state index contributed by atoms with van der Waals surface area (Å²) < 4.78 is 27.3. The molecule has 2 aromatic heterocycles. The predicted molar refractivity (Wildman–Crippen MR) is 66.4 cm³/mol. The Labute approximate surface area is 114 Å². The van der Waals surface area contributed by atoms with Gasteiger partial charge in [-0.05, 0) is 12.1 Å². The summed E-state index contributed by atoms with van der Waals surface area (Å²) in [7, 11) is -3.63. The molecule has 0 fully saturated rings. The summed E-state index contributed by atoms with van der Waals surface area (Å²) >= 11 is 0. The van der Waals surface area contributed by atoms with Crippen molar-refractivity contribution in [3.63, 3.8) is 0 Å². The molecule has 0 saturated heterocycles. The maximum atomic E-state index is 11.8. The smallest absolute Gasteiger partial charge is 0.358 e. The largest absolute Gasteiger partial charge is 0.476 e. The number of nitrogens with one attached hydrogen (secondary N) is 1. The van der Waals surface area contributed by atoms with Crippen molar-refractivity contribution in [2.45, 2.75) is 11.4 Å². The van der Waals surface area contributed by atoms with Crippen LogP contribution in [0.1, 0.15) is 10.5 Å². The predicted octanol–water partition coefficient (Wildman–Crippen LogP) is -0.650. The molecular formula is C10H11N5O4S. The number of aromatic carboxylic acids is 1. The molecule has 0 aliphatic rings. The Hall–Kier alpha value is -2.33. The lowest BCUT2D eigenvalue weighted by Crippen LogP contribution is -2.27. The van der Waals surface area contributed by atoms with E-state index in [2.05, 4.69) is 20.0 Å². The maximum Gasteiger partial charge on any atom is 0.358 e. The van der Waals surface area contributed by atoms with Gasteiger partial charge in [-0.25, -0.2) is 17.9 Å². The first-order valence-electron chi connectivity index (χ1n) is 5.52. The summed E-state index contributed by atoms with van der Waals surface area (Å²) in [5.41, 5.74) is -0.194. The number of hydrogen-bond acceptors (Lipinski definition) is 6. The molecule has 2 heterocycles. The number of pyridine rings is 1. The highest BCUT2D eigenvalue weighted by Gasteiger charge is 2.13. The number of nitrogens with zero attached hydrogens (tertiary/aromatic N) is 4. The lowest BCUT2D eigenvalue weighted by molar-refractivity contribution is 0.0690. The second-order valence-electron chi connectivity index (χ2n) is 3.76. The number of sulfonamides is 1. The highest BCUT2D eigenvalue weighted by atomic mass is 32.2. The molecule has 0 amide bonds. The van der Waals surface area contributed by atoms with Crippen LogP contribution in [0.3, 0.4) is 0 Å². The zero-order valence-corrected chi connectivity index (χ0v) is 11.0. The van der Waals surface area contributed by atoms with Crippen LogP contribution in [0.2, 0.25) is 0 Å². The Morgan fingerprint density at radius 1 is 1.45 bits per heavy atom. The number of carboxylic acid groups (broad SMARTS) is 1.